The number of methoxy groups -OCH3 is 2. The Morgan fingerprint density at radius 2 is 2.00 bits per heavy atom. The molecule has 0 bridgehead atoms. The van der Waals surface area contributed by atoms with E-state index in [2.05, 4.69) is 14.5 Å². The third-order valence-corrected chi connectivity index (χ3v) is 4.39. The van der Waals surface area contributed by atoms with Gasteiger partial charge in [-0.05, 0) is 19.4 Å². The van der Waals surface area contributed by atoms with E-state index < -0.39 is 18.0 Å². The van der Waals surface area contributed by atoms with E-state index >= 15 is 0 Å². The number of fused-ring (bicyclic) bond motifs is 1. The highest BCUT2D eigenvalue weighted by Gasteiger charge is 2.23. The molecule has 0 amide bonds. The van der Waals surface area contributed by atoms with Crippen LogP contribution >= 0.6 is 11.3 Å². The molecule has 0 saturated carbocycles. The first-order valence-electron chi connectivity index (χ1n) is 6.08. The fraction of sp³-hybridized carbons (Fsp3) is 0.385. The third kappa shape index (κ3) is 2.42. The number of aryl methyl sites for hydroxylation is 1. The van der Waals surface area contributed by atoms with Crippen LogP contribution in [0.3, 0.4) is 0 Å². The Morgan fingerprint density at radius 3 is 2.57 bits per heavy atom. The average Bonchev–Trinajstić information content (AvgIpc) is 2.83. The molecular formula is C13H14N2O5S. The topological polar surface area (TPSA) is 87.5 Å². The van der Waals surface area contributed by atoms with Crippen LogP contribution in [0.2, 0.25) is 0 Å². The van der Waals surface area contributed by atoms with Gasteiger partial charge in [0.25, 0.3) is 5.56 Å². The first-order chi connectivity index (χ1) is 9.92. The molecule has 0 N–H and O–H groups in total. The van der Waals surface area contributed by atoms with Crippen LogP contribution in [0.1, 0.15) is 28.2 Å². The van der Waals surface area contributed by atoms with Crippen LogP contribution in [-0.2, 0) is 14.3 Å². The van der Waals surface area contributed by atoms with Crippen LogP contribution in [0.15, 0.2) is 11.1 Å². The van der Waals surface area contributed by atoms with Gasteiger partial charge in [0.1, 0.15) is 15.7 Å². The maximum atomic E-state index is 12.5. The lowest BCUT2D eigenvalue weighted by Gasteiger charge is -2.11. The molecular weight excluding hydrogens is 296 g/mol. The highest BCUT2D eigenvalue weighted by Crippen LogP contribution is 2.27. The number of esters is 2. The van der Waals surface area contributed by atoms with Gasteiger partial charge in [-0.25, -0.2) is 14.6 Å². The van der Waals surface area contributed by atoms with E-state index in [-0.39, 0.29) is 5.56 Å². The minimum atomic E-state index is -0.791. The second kappa shape index (κ2) is 5.65. The summed E-state index contributed by atoms with van der Waals surface area (Å²) < 4.78 is 10.5. The summed E-state index contributed by atoms with van der Waals surface area (Å²) in [6, 6.07) is -0.791. The van der Waals surface area contributed by atoms with Crippen molar-refractivity contribution in [3.8, 4) is 0 Å². The molecule has 0 spiro atoms. The fourth-order valence-corrected chi connectivity index (χ4v) is 3.04. The molecule has 2 heterocycles. The van der Waals surface area contributed by atoms with E-state index in [1.165, 1.54) is 25.1 Å². The van der Waals surface area contributed by atoms with E-state index in [0.717, 1.165) is 11.3 Å². The Morgan fingerprint density at radius 1 is 1.33 bits per heavy atom. The summed E-state index contributed by atoms with van der Waals surface area (Å²) in [5.74, 6) is -1.05. The van der Waals surface area contributed by atoms with Gasteiger partial charge in [-0.2, -0.15) is 0 Å². The van der Waals surface area contributed by atoms with E-state index in [1.54, 1.807) is 13.8 Å². The molecule has 0 saturated heterocycles. The smallest absolute Gasteiger partial charge is 0.348 e. The Hall–Kier alpha value is -2.22. The molecule has 0 radical (unpaired) electrons. The first-order valence-corrected chi connectivity index (χ1v) is 6.90. The second-order valence-corrected chi connectivity index (χ2v) is 5.38. The van der Waals surface area contributed by atoms with Gasteiger partial charge >= 0.3 is 11.9 Å². The molecule has 2 aromatic rings. The number of nitrogens with zero attached hydrogens (tertiary/aromatic N) is 2. The van der Waals surface area contributed by atoms with Gasteiger partial charge in [-0.3, -0.25) is 9.36 Å². The summed E-state index contributed by atoms with van der Waals surface area (Å²) in [5, 5.41) is 0.318. The predicted molar refractivity (Wildman–Crippen MR) is 76.7 cm³/mol. The van der Waals surface area contributed by atoms with Crippen molar-refractivity contribution in [1.29, 1.82) is 0 Å². The number of carbonyl (C=O) groups excluding carboxylic acids is 2. The van der Waals surface area contributed by atoms with Crippen LogP contribution in [0, 0.1) is 6.92 Å². The highest BCUT2D eigenvalue weighted by molar-refractivity contribution is 7.20. The highest BCUT2D eigenvalue weighted by atomic mass is 32.1. The summed E-state index contributed by atoms with van der Waals surface area (Å²) in [6.45, 7) is 3.20. The summed E-state index contributed by atoms with van der Waals surface area (Å²) in [4.78, 5) is 40.6. The molecule has 0 aliphatic rings. The Kier molecular flexibility index (Phi) is 4.08. The molecule has 0 aromatic carbocycles. The molecule has 7 nitrogen and oxygen atoms in total. The minimum absolute atomic E-state index is 0.318. The van der Waals surface area contributed by atoms with Crippen LogP contribution in [0.4, 0.5) is 0 Å². The predicted octanol–water partition coefficient (Wildman–Crippen LogP) is 1.29. The van der Waals surface area contributed by atoms with E-state index in [4.69, 9.17) is 0 Å². The largest absolute Gasteiger partial charge is 0.467 e. The first kappa shape index (κ1) is 15.2. The molecule has 2 aromatic heterocycles. The van der Waals surface area contributed by atoms with Crippen molar-refractivity contribution in [2.45, 2.75) is 19.9 Å². The van der Waals surface area contributed by atoms with E-state index in [9.17, 15) is 14.4 Å². The zero-order valence-corrected chi connectivity index (χ0v) is 12.8. The SMILES string of the molecule is COC(=O)c1sc2ncn([C@H](C)C(=O)OC)c(=O)c2c1C. The number of hydrogen-bond acceptors (Lipinski definition) is 7. The molecule has 1 atom stereocenters. The van der Waals surface area contributed by atoms with Gasteiger partial charge in [0.15, 0.2) is 0 Å². The standard InChI is InChI=1S/C13H14N2O5S/c1-6-8-10(21-9(6)13(18)20-4)14-5-15(11(8)16)7(2)12(17)19-3/h5,7H,1-4H3/t7-/m1/s1. The molecule has 21 heavy (non-hydrogen) atoms. The molecule has 112 valence electrons. The summed E-state index contributed by atoms with van der Waals surface area (Å²) >= 11 is 1.09. The third-order valence-electron chi connectivity index (χ3n) is 3.21. The van der Waals surface area contributed by atoms with E-state index in [0.29, 0.717) is 20.7 Å². The number of carbonyl (C=O) groups is 2. The molecule has 8 heteroatoms. The van der Waals surface area contributed by atoms with Crippen molar-refractivity contribution < 1.29 is 19.1 Å². The fourth-order valence-electron chi connectivity index (χ4n) is 1.98. The molecule has 0 aliphatic heterocycles. The zero-order chi connectivity index (χ0) is 15.7. The number of thiophene rings is 1. The number of hydrogen-bond donors (Lipinski definition) is 0. The summed E-state index contributed by atoms with van der Waals surface area (Å²) in [7, 11) is 2.53. The number of ether oxygens (including phenoxy) is 2. The van der Waals surface area contributed by atoms with Crippen LogP contribution < -0.4 is 5.56 Å². The maximum absolute atomic E-state index is 12.5. The second-order valence-electron chi connectivity index (χ2n) is 4.38. The lowest BCUT2D eigenvalue weighted by Crippen LogP contribution is -2.29. The van der Waals surface area contributed by atoms with Crippen LogP contribution in [-0.4, -0.2) is 35.7 Å². The summed E-state index contributed by atoms with van der Waals surface area (Å²) in [6.07, 6.45) is 1.28. The normalized spacial score (nSPS) is 12.2. The lowest BCUT2D eigenvalue weighted by molar-refractivity contribution is -0.144. The van der Waals surface area contributed by atoms with Crippen LogP contribution in [0.5, 0.6) is 0 Å². The molecule has 0 aliphatic carbocycles. The monoisotopic (exact) mass is 310 g/mol. The van der Waals surface area contributed by atoms with Gasteiger partial charge < -0.3 is 9.47 Å². The number of rotatable bonds is 3. The van der Waals surface area contributed by atoms with Gasteiger partial charge in [0.05, 0.1) is 25.9 Å². The van der Waals surface area contributed by atoms with Gasteiger partial charge in [0.2, 0.25) is 0 Å². The van der Waals surface area contributed by atoms with Crippen molar-refractivity contribution in [2.75, 3.05) is 14.2 Å². The van der Waals surface area contributed by atoms with Gasteiger partial charge in [-0.1, -0.05) is 0 Å². The number of aromatic nitrogens is 2. The summed E-state index contributed by atoms with van der Waals surface area (Å²) in [5.41, 5.74) is 0.118. The van der Waals surface area contributed by atoms with Gasteiger partial charge in [0, 0.05) is 0 Å². The molecule has 0 unspecified atom stereocenters. The Labute approximate surface area is 124 Å². The van der Waals surface area contributed by atoms with Gasteiger partial charge in [-0.15, -0.1) is 11.3 Å². The minimum Gasteiger partial charge on any atom is -0.467 e. The van der Waals surface area contributed by atoms with Crippen molar-refractivity contribution in [3.05, 3.63) is 27.1 Å². The average molecular weight is 310 g/mol. The van der Waals surface area contributed by atoms with E-state index in [1.807, 2.05) is 0 Å². The lowest BCUT2D eigenvalue weighted by atomic mass is 10.2. The van der Waals surface area contributed by atoms with Crippen molar-refractivity contribution in [3.63, 3.8) is 0 Å². The Balaban J connectivity index is 2.68. The van der Waals surface area contributed by atoms with Crippen molar-refractivity contribution in [1.82, 2.24) is 9.55 Å². The molecule has 2 rings (SSSR count). The van der Waals surface area contributed by atoms with Crippen molar-refractivity contribution >= 4 is 33.5 Å². The zero-order valence-electron chi connectivity index (χ0n) is 12.0. The Bertz CT molecular complexity index is 777. The maximum Gasteiger partial charge on any atom is 0.348 e. The van der Waals surface area contributed by atoms with Crippen LogP contribution in [0.25, 0.3) is 10.2 Å². The van der Waals surface area contributed by atoms with Crippen molar-refractivity contribution in [2.24, 2.45) is 0 Å². The molecule has 0 fully saturated rings. The quantitative estimate of drug-likeness (QED) is 0.794.